The highest BCUT2D eigenvalue weighted by Gasteiger charge is 2.43. The first-order valence-electron chi connectivity index (χ1n) is 11.1. The lowest BCUT2D eigenvalue weighted by Gasteiger charge is -2.27. The van der Waals surface area contributed by atoms with Gasteiger partial charge in [-0.3, -0.25) is 15.1 Å². The number of rotatable bonds is 10. The molecule has 1 amide bonds. The molecule has 2 heterocycles. The average molecular weight is 448 g/mol. The summed E-state index contributed by atoms with van der Waals surface area (Å²) < 4.78 is 5.94. The Morgan fingerprint density at radius 1 is 1.06 bits per heavy atom. The number of benzene rings is 2. The minimum absolute atomic E-state index is 0.0415. The van der Waals surface area contributed by atoms with Gasteiger partial charge in [-0.15, -0.1) is 11.8 Å². The summed E-state index contributed by atoms with van der Waals surface area (Å²) in [5.41, 5.74) is 3.27. The van der Waals surface area contributed by atoms with Crippen LogP contribution < -0.4 is 15.4 Å². The van der Waals surface area contributed by atoms with Crippen molar-refractivity contribution < 1.29 is 9.53 Å². The van der Waals surface area contributed by atoms with E-state index in [0.29, 0.717) is 13.2 Å². The number of nitrogens with one attached hydrogen (secondary N) is 2. The van der Waals surface area contributed by atoms with E-state index in [-0.39, 0.29) is 5.91 Å². The number of pyridine rings is 1. The summed E-state index contributed by atoms with van der Waals surface area (Å²) in [5.74, 6) is 1.68. The lowest BCUT2D eigenvalue weighted by atomic mass is 10.1. The number of nitrogens with zero attached hydrogens (tertiary/aromatic N) is 1. The van der Waals surface area contributed by atoms with Gasteiger partial charge in [0, 0.05) is 36.8 Å². The molecule has 4 rings (SSSR count). The molecule has 2 aromatic carbocycles. The second-order valence-electron chi connectivity index (χ2n) is 7.82. The van der Waals surface area contributed by atoms with Gasteiger partial charge in [0.15, 0.2) is 4.87 Å². The van der Waals surface area contributed by atoms with Crippen LogP contribution in [0, 0.1) is 0 Å². The fourth-order valence-corrected chi connectivity index (χ4v) is 5.04. The number of hydrogen-bond donors (Lipinski definition) is 2. The van der Waals surface area contributed by atoms with E-state index in [2.05, 4.69) is 39.9 Å². The summed E-state index contributed by atoms with van der Waals surface area (Å²) in [6.45, 7) is 1.93. The maximum absolute atomic E-state index is 13.1. The van der Waals surface area contributed by atoms with Crippen molar-refractivity contribution in [3.63, 3.8) is 0 Å². The van der Waals surface area contributed by atoms with Crippen molar-refractivity contribution in [2.24, 2.45) is 0 Å². The van der Waals surface area contributed by atoms with Crippen LogP contribution in [0.15, 0.2) is 79.1 Å². The molecule has 1 fully saturated rings. The van der Waals surface area contributed by atoms with Crippen LogP contribution in [0.4, 0.5) is 0 Å². The molecule has 6 heteroatoms. The maximum Gasteiger partial charge on any atom is 0.255 e. The molecule has 0 aliphatic carbocycles. The normalized spacial score (nSPS) is 17.8. The van der Waals surface area contributed by atoms with Crippen molar-refractivity contribution in [1.82, 2.24) is 15.6 Å². The zero-order valence-corrected chi connectivity index (χ0v) is 18.9. The smallest absolute Gasteiger partial charge is 0.255 e. The Balaban J connectivity index is 1.27. The molecule has 1 unspecified atom stereocenters. The van der Waals surface area contributed by atoms with Crippen LogP contribution in [0.5, 0.6) is 5.75 Å². The molecule has 3 aromatic rings. The highest BCUT2D eigenvalue weighted by atomic mass is 32.2. The summed E-state index contributed by atoms with van der Waals surface area (Å²) in [7, 11) is 0. The molecule has 32 heavy (non-hydrogen) atoms. The van der Waals surface area contributed by atoms with E-state index in [1.165, 1.54) is 5.56 Å². The van der Waals surface area contributed by atoms with E-state index in [4.69, 9.17) is 4.74 Å². The molecular weight excluding hydrogens is 418 g/mol. The Morgan fingerprint density at radius 3 is 2.72 bits per heavy atom. The Hall–Kier alpha value is -2.83. The molecule has 1 aliphatic heterocycles. The lowest BCUT2D eigenvalue weighted by Crippen LogP contribution is -2.48. The fourth-order valence-electron chi connectivity index (χ4n) is 3.83. The minimum Gasteiger partial charge on any atom is -0.494 e. The maximum atomic E-state index is 13.1. The molecule has 0 saturated carbocycles. The number of aryl methyl sites for hydroxylation is 1. The standard InChI is InChI=1S/C26H29N3O2S/c30-25(26(29-15-17-32-26)23-12-7-14-27-20-23)28-19-22-11-6-13-24(18-22)31-16-5-4-10-21-8-2-1-3-9-21/h1-3,6-9,11-14,18,20,29H,4-5,10,15-17,19H2,(H,28,30). The highest BCUT2D eigenvalue weighted by Crippen LogP contribution is 2.37. The Kier molecular flexibility index (Phi) is 7.80. The third kappa shape index (κ3) is 5.69. The van der Waals surface area contributed by atoms with Crippen molar-refractivity contribution in [2.45, 2.75) is 30.7 Å². The number of thioether (sulfide) groups is 1. The van der Waals surface area contributed by atoms with Crippen molar-refractivity contribution in [1.29, 1.82) is 0 Å². The van der Waals surface area contributed by atoms with Gasteiger partial charge < -0.3 is 10.1 Å². The van der Waals surface area contributed by atoms with E-state index >= 15 is 0 Å². The second kappa shape index (κ2) is 11.2. The highest BCUT2D eigenvalue weighted by molar-refractivity contribution is 8.01. The molecule has 1 aromatic heterocycles. The van der Waals surface area contributed by atoms with Crippen molar-refractivity contribution in [3.05, 3.63) is 95.8 Å². The summed E-state index contributed by atoms with van der Waals surface area (Å²) >= 11 is 1.62. The summed E-state index contributed by atoms with van der Waals surface area (Å²) in [6.07, 6.45) is 6.66. The van der Waals surface area contributed by atoms with Crippen LogP contribution in [0.2, 0.25) is 0 Å². The van der Waals surface area contributed by atoms with Gasteiger partial charge in [0.2, 0.25) is 0 Å². The van der Waals surface area contributed by atoms with Gasteiger partial charge in [-0.2, -0.15) is 0 Å². The molecule has 1 atom stereocenters. The lowest BCUT2D eigenvalue weighted by molar-refractivity contribution is -0.124. The minimum atomic E-state index is -0.777. The third-order valence-electron chi connectivity index (χ3n) is 5.51. The molecule has 2 N–H and O–H groups in total. The monoisotopic (exact) mass is 447 g/mol. The van der Waals surface area contributed by atoms with Crippen molar-refractivity contribution in [3.8, 4) is 5.75 Å². The van der Waals surface area contributed by atoms with E-state index in [9.17, 15) is 4.79 Å². The second-order valence-corrected chi connectivity index (χ2v) is 9.13. The first kappa shape index (κ1) is 22.4. The molecule has 1 saturated heterocycles. The number of ether oxygens (including phenoxy) is 1. The van der Waals surface area contributed by atoms with Gasteiger partial charge >= 0.3 is 0 Å². The molecule has 1 aliphatic rings. The van der Waals surface area contributed by atoms with Crippen molar-refractivity contribution in [2.75, 3.05) is 18.9 Å². The summed E-state index contributed by atoms with van der Waals surface area (Å²) in [4.78, 5) is 16.6. The molecule has 166 valence electrons. The fraction of sp³-hybridized carbons (Fsp3) is 0.308. The number of hydrogen-bond acceptors (Lipinski definition) is 5. The number of unbranched alkanes of at least 4 members (excludes halogenated alkanes) is 1. The van der Waals surface area contributed by atoms with E-state index in [0.717, 1.165) is 48.4 Å². The SMILES string of the molecule is O=C(NCc1cccc(OCCCCc2ccccc2)c1)C1(c2cccnc2)NCCS1. The Labute approximate surface area is 194 Å². The topological polar surface area (TPSA) is 63.2 Å². The van der Waals surface area contributed by atoms with Gasteiger partial charge in [0.1, 0.15) is 5.75 Å². The van der Waals surface area contributed by atoms with Gasteiger partial charge in [0.25, 0.3) is 5.91 Å². The van der Waals surface area contributed by atoms with Crippen molar-refractivity contribution >= 4 is 17.7 Å². The van der Waals surface area contributed by atoms with E-state index in [1.54, 1.807) is 24.2 Å². The molecule has 0 spiro atoms. The van der Waals surface area contributed by atoms with Crippen LogP contribution in [-0.2, 0) is 22.6 Å². The summed E-state index contributed by atoms with van der Waals surface area (Å²) in [5, 5.41) is 6.47. The zero-order valence-electron chi connectivity index (χ0n) is 18.1. The first-order chi connectivity index (χ1) is 15.8. The van der Waals surface area contributed by atoms with Crippen LogP contribution in [0.25, 0.3) is 0 Å². The van der Waals surface area contributed by atoms with E-state index < -0.39 is 4.87 Å². The molecular formula is C26H29N3O2S. The quantitative estimate of drug-likeness (QED) is 0.454. The Bertz CT molecular complexity index is 992. The summed E-state index contributed by atoms with van der Waals surface area (Å²) in [6, 6.07) is 22.3. The third-order valence-corrected chi connectivity index (χ3v) is 6.91. The van der Waals surface area contributed by atoms with Crippen LogP contribution >= 0.6 is 11.8 Å². The van der Waals surface area contributed by atoms with Gasteiger partial charge in [-0.1, -0.05) is 48.5 Å². The molecule has 0 bridgehead atoms. The largest absolute Gasteiger partial charge is 0.494 e. The predicted octanol–water partition coefficient (Wildman–Crippen LogP) is 4.29. The van der Waals surface area contributed by atoms with Gasteiger partial charge in [0.05, 0.1) is 6.61 Å². The average Bonchev–Trinajstić information content (AvgIpc) is 3.35. The van der Waals surface area contributed by atoms with Crippen LogP contribution in [-0.4, -0.2) is 29.8 Å². The number of carbonyl (C=O) groups is 1. The molecule has 0 radical (unpaired) electrons. The van der Waals surface area contributed by atoms with Crippen LogP contribution in [0.3, 0.4) is 0 Å². The number of amides is 1. The van der Waals surface area contributed by atoms with Gasteiger partial charge in [-0.25, -0.2) is 0 Å². The predicted molar refractivity (Wildman–Crippen MR) is 130 cm³/mol. The number of carbonyl (C=O) groups excluding carboxylic acids is 1. The van der Waals surface area contributed by atoms with Crippen LogP contribution in [0.1, 0.15) is 29.5 Å². The van der Waals surface area contributed by atoms with E-state index in [1.807, 2.05) is 42.5 Å². The first-order valence-corrected chi connectivity index (χ1v) is 12.1. The zero-order chi connectivity index (χ0) is 22.1. The molecule has 5 nitrogen and oxygen atoms in total. The van der Waals surface area contributed by atoms with Gasteiger partial charge in [-0.05, 0) is 48.6 Å². The Morgan fingerprint density at radius 2 is 1.94 bits per heavy atom. The number of aromatic nitrogens is 1.